The average molecular weight is 223 g/mol. The van der Waals surface area contributed by atoms with Crippen molar-refractivity contribution in [2.75, 3.05) is 13.7 Å². The smallest absolute Gasteiger partial charge is 0.129 e. The van der Waals surface area contributed by atoms with Crippen LogP contribution >= 0.6 is 0 Å². The predicted molar refractivity (Wildman–Crippen MR) is 62.4 cm³/mol. The van der Waals surface area contributed by atoms with Gasteiger partial charge in [-0.3, -0.25) is 0 Å². The van der Waals surface area contributed by atoms with E-state index >= 15 is 0 Å². The number of benzene rings is 1. The van der Waals surface area contributed by atoms with Gasteiger partial charge < -0.3 is 10.1 Å². The van der Waals surface area contributed by atoms with Crippen LogP contribution in [0.4, 0.5) is 4.39 Å². The van der Waals surface area contributed by atoms with Crippen LogP contribution in [0.3, 0.4) is 0 Å². The molecule has 1 unspecified atom stereocenters. The lowest BCUT2D eigenvalue weighted by atomic mass is 10.0. The van der Waals surface area contributed by atoms with Crippen molar-refractivity contribution in [3.8, 4) is 5.75 Å². The Balaban J connectivity index is 2.20. The van der Waals surface area contributed by atoms with E-state index in [0.29, 0.717) is 17.4 Å². The number of hydrogen-bond acceptors (Lipinski definition) is 2. The van der Waals surface area contributed by atoms with E-state index in [1.165, 1.54) is 18.9 Å². The minimum absolute atomic E-state index is 0.194. The molecule has 1 aliphatic rings. The summed E-state index contributed by atoms with van der Waals surface area (Å²) < 4.78 is 18.6. The van der Waals surface area contributed by atoms with Gasteiger partial charge in [0.1, 0.15) is 11.6 Å². The molecule has 1 aromatic carbocycles. The van der Waals surface area contributed by atoms with Crippen LogP contribution in [-0.4, -0.2) is 19.7 Å². The molecule has 1 saturated heterocycles. The van der Waals surface area contributed by atoms with Gasteiger partial charge in [-0.2, -0.15) is 0 Å². The molecule has 0 bridgehead atoms. The van der Waals surface area contributed by atoms with E-state index < -0.39 is 0 Å². The Morgan fingerprint density at radius 3 is 2.94 bits per heavy atom. The fraction of sp³-hybridized carbons (Fsp3) is 0.538. The molecule has 0 aromatic heterocycles. The maximum Gasteiger partial charge on any atom is 0.129 e. The van der Waals surface area contributed by atoms with Crippen LogP contribution in [0, 0.1) is 12.7 Å². The molecular formula is C13H18FNO. The third-order valence-electron chi connectivity index (χ3n) is 3.19. The Kier molecular flexibility index (Phi) is 3.44. The molecule has 0 amide bonds. The fourth-order valence-corrected chi connectivity index (χ4v) is 2.27. The van der Waals surface area contributed by atoms with Crippen LogP contribution in [0.5, 0.6) is 5.75 Å². The number of methoxy groups -OCH3 is 1. The van der Waals surface area contributed by atoms with Crippen molar-refractivity contribution in [2.45, 2.75) is 32.2 Å². The highest BCUT2D eigenvalue weighted by Gasteiger charge is 2.17. The molecule has 0 radical (unpaired) electrons. The maximum absolute atomic E-state index is 13.4. The van der Waals surface area contributed by atoms with E-state index in [4.69, 9.17) is 4.74 Å². The number of ether oxygens (including phenoxy) is 1. The van der Waals surface area contributed by atoms with Crippen LogP contribution in [0.2, 0.25) is 0 Å². The standard InChI is InChI=1S/C13H18FNO/c1-9-6-10(7-11-4-3-5-15-11)13(16-2)8-12(9)14/h6,8,11,15H,3-5,7H2,1-2H3. The quantitative estimate of drug-likeness (QED) is 0.849. The third kappa shape index (κ3) is 2.35. The van der Waals surface area contributed by atoms with Gasteiger partial charge in [-0.05, 0) is 49.9 Å². The zero-order valence-electron chi connectivity index (χ0n) is 9.85. The normalized spacial score (nSPS) is 20.1. The Bertz CT molecular complexity index is 372. The number of halogens is 1. The first-order chi connectivity index (χ1) is 7.70. The SMILES string of the molecule is COc1cc(F)c(C)cc1CC1CCCN1. The van der Waals surface area contributed by atoms with Gasteiger partial charge in [0.25, 0.3) is 0 Å². The molecule has 1 fully saturated rings. The van der Waals surface area contributed by atoms with Gasteiger partial charge >= 0.3 is 0 Å². The monoisotopic (exact) mass is 223 g/mol. The molecule has 1 heterocycles. The minimum Gasteiger partial charge on any atom is -0.496 e. The molecule has 0 spiro atoms. The predicted octanol–water partition coefficient (Wildman–Crippen LogP) is 2.44. The second-order valence-electron chi connectivity index (χ2n) is 4.41. The molecular weight excluding hydrogens is 205 g/mol. The molecule has 3 heteroatoms. The number of aryl methyl sites for hydroxylation is 1. The highest BCUT2D eigenvalue weighted by molar-refractivity contribution is 5.38. The summed E-state index contributed by atoms with van der Waals surface area (Å²) in [4.78, 5) is 0. The molecule has 0 aliphatic carbocycles. The summed E-state index contributed by atoms with van der Waals surface area (Å²) in [6, 6.07) is 3.90. The van der Waals surface area contributed by atoms with Gasteiger partial charge in [-0.25, -0.2) is 4.39 Å². The van der Waals surface area contributed by atoms with E-state index in [1.54, 1.807) is 14.0 Å². The Hall–Kier alpha value is -1.09. The summed E-state index contributed by atoms with van der Waals surface area (Å²) in [6.07, 6.45) is 3.34. The third-order valence-corrected chi connectivity index (χ3v) is 3.19. The average Bonchev–Trinajstić information content (AvgIpc) is 2.76. The molecule has 88 valence electrons. The lowest BCUT2D eigenvalue weighted by molar-refractivity contribution is 0.403. The van der Waals surface area contributed by atoms with Crippen molar-refractivity contribution < 1.29 is 9.13 Å². The van der Waals surface area contributed by atoms with Crippen molar-refractivity contribution in [1.82, 2.24) is 5.32 Å². The molecule has 1 aliphatic heterocycles. The summed E-state index contributed by atoms with van der Waals surface area (Å²) in [6.45, 7) is 2.88. The first-order valence-corrected chi connectivity index (χ1v) is 5.77. The van der Waals surface area contributed by atoms with Gasteiger partial charge in [0.15, 0.2) is 0 Å². The van der Waals surface area contributed by atoms with Crippen LogP contribution in [-0.2, 0) is 6.42 Å². The maximum atomic E-state index is 13.4. The van der Waals surface area contributed by atoms with Crippen LogP contribution in [0.1, 0.15) is 24.0 Å². The topological polar surface area (TPSA) is 21.3 Å². The lowest BCUT2D eigenvalue weighted by Crippen LogP contribution is -2.23. The van der Waals surface area contributed by atoms with E-state index in [0.717, 1.165) is 18.5 Å². The zero-order chi connectivity index (χ0) is 11.5. The van der Waals surface area contributed by atoms with Crippen molar-refractivity contribution in [2.24, 2.45) is 0 Å². The van der Waals surface area contributed by atoms with Gasteiger partial charge in [0, 0.05) is 12.1 Å². The number of rotatable bonds is 3. The van der Waals surface area contributed by atoms with Crippen molar-refractivity contribution >= 4 is 0 Å². The van der Waals surface area contributed by atoms with Gasteiger partial charge in [-0.15, -0.1) is 0 Å². The Labute approximate surface area is 95.8 Å². The Morgan fingerprint density at radius 2 is 2.31 bits per heavy atom. The Morgan fingerprint density at radius 1 is 1.50 bits per heavy atom. The molecule has 16 heavy (non-hydrogen) atoms. The molecule has 1 atom stereocenters. The fourth-order valence-electron chi connectivity index (χ4n) is 2.27. The second-order valence-corrected chi connectivity index (χ2v) is 4.41. The van der Waals surface area contributed by atoms with Gasteiger partial charge in [-0.1, -0.05) is 0 Å². The number of nitrogens with one attached hydrogen (secondary N) is 1. The van der Waals surface area contributed by atoms with E-state index in [-0.39, 0.29) is 5.82 Å². The largest absolute Gasteiger partial charge is 0.496 e. The van der Waals surface area contributed by atoms with E-state index in [9.17, 15) is 4.39 Å². The lowest BCUT2D eigenvalue weighted by Gasteiger charge is -2.14. The van der Waals surface area contributed by atoms with Crippen molar-refractivity contribution in [3.05, 3.63) is 29.1 Å². The molecule has 2 nitrogen and oxygen atoms in total. The van der Waals surface area contributed by atoms with E-state index in [2.05, 4.69) is 5.32 Å². The first kappa shape index (κ1) is 11.4. The highest BCUT2D eigenvalue weighted by Crippen LogP contribution is 2.25. The summed E-state index contributed by atoms with van der Waals surface area (Å²) >= 11 is 0. The van der Waals surface area contributed by atoms with Crippen LogP contribution < -0.4 is 10.1 Å². The highest BCUT2D eigenvalue weighted by atomic mass is 19.1. The summed E-state index contributed by atoms with van der Waals surface area (Å²) in [5, 5.41) is 3.44. The molecule has 0 saturated carbocycles. The molecule has 2 rings (SSSR count). The summed E-state index contributed by atoms with van der Waals surface area (Å²) in [5.41, 5.74) is 1.79. The van der Waals surface area contributed by atoms with Gasteiger partial charge in [0.2, 0.25) is 0 Å². The van der Waals surface area contributed by atoms with Crippen molar-refractivity contribution in [1.29, 1.82) is 0 Å². The van der Waals surface area contributed by atoms with Crippen LogP contribution in [0.15, 0.2) is 12.1 Å². The van der Waals surface area contributed by atoms with E-state index in [1.807, 2.05) is 6.07 Å². The molecule has 1 aromatic rings. The molecule has 1 N–H and O–H groups in total. The summed E-state index contributed by atoms with van der Waals surface area (Å²) in [5.74, 6) is 0.469. The summed E-state index contributed by atoms with van der Waals surface area (Å²) in [7, 11) is 1.59. The second kappa shape index (κ2) is 4.83. The zero-order valence-corrected chi connectivity index (χ0v) is 9.85. The number of hydrogen-bond donors (Lipinski definition) is 1. The van der Waals surface area contributed by atoms with Crippen molar-refractivity contribution in [3.63, 3.8) is 0 Å². The van der Waals surface area contributed by atoms with Gasteiger partial charge in [0.05, 0.1) is 7.11 Å². The van der Waals surface area contributed by atoms with Crippen LogP contribution in [0.25, 0.3) is 0 Å². The minimum atomic E-state index is -0.194. The first-order valence-electron chi connectivity index (χ1n) is 5.77.